The number of aliphatic hydroxyl groups is 1. The zero-order valence-electron chi connectivity index (χ0n) is 10.6. The van der Waals surface area contributed by atoms with Gasteiger partial charge in [-0.2, -0.15) is 0 Å². The Morgan fingerprint density at radius 1 is 1.16 bits per heavy atom. The number of hydrogen-bond acceptors (Lipinski definition) is 2. The zero-order chi connectivity index (χ0) is 13.4. The third-order valence-corrected chi connectivity index (χ3v) is 3.83. The first-order valence-corrected chi connectivity index (χ1v) is 6.72. The monoisotopic (exact) mass is 274 g/mol. The van der Waals surface area contributed by atoms with Gasteiger partial charge < -0.3 is 9.84 Å². The van der Waals surface area contributed by atoms with E-state index in [9.17, 15) is 5.11 Å². The summed E-state index contributed by atoms with van der Waals surface area (Å²) in [6.45, 7) is 2.01. The van der Waals surface area contributed by atoms with E-state index in [1.165, 1.54) is 0 Å². The lowest BCUT2D eigenvalue weighted by atomic mass is 9.94. The molecule has 0 saturated heterocycles. The number of benzene rings is 2. The zero-order valence-corrected chi connectivity index (χ0v) is 11.4. The first kappa shape index (κ1) is 12.5. The van der Waals surface area contributed by atoms with Crippen LogP contribution < -0.4 is 4.74 Å². The molecule has 0 spiro atoms. The molecule has 3 rings (SSSR count). The minimum Gasteiger partial charge on any atom is -0.485 e. The molecule has 2 nitrogen and oxygen atoms in total. The van der Waals surface area contributed by atoms with Crippen molar-refractivity contribution in [3.05, 3.63) is 64.2 Å². The lowest BCUT2D eigenvalue weighted by Gasteiger charge is -2.30. The van der Waals surface area contributed by atoms with Crippen molar-refractivity contribution >= 4 is 11.6 Å². The lowest BCUT2D eigenvalue weighted by Crippen LogP contribution is -2.19. The molecule has 1 N–H and O–H groups in total. The van der Waals surface area contributed by atoms with E-state index >= 15 is 0 Å². The van der Waals surface area contributed by atoms with Crippen molar-refractivity contribution in [2.75, 3.05) is 0 Å². The van der Waals surface area contributed by atoms with Gasteiger partial charge in [0, 0.05) is 22.6 Å². The van der Waals surface area contributed by atoms with E-state index in [1.54, 1.807) is 0 Å². The van der Waals surface area contributed by atoms with E-state index < -0.39 is 6.10 Å². The summed E-state index contributed by atoms with van der Waals surface area (Å²) in [5, 5.41) is 11.0. The maximum Gasteiger partial charge on any atom is 0.128 e. The van der Waals surface area contributed by atoms with Crippen LogP contribution in [0.5, 0.6) is 5.75 Å². The number of aryl methyl sites for hydroxylation is 1. The van der Waals surface area contributed by atoms with E-state index in [0.29, 0.717) is 11.4 Å². The van der Waals surface area contributed by atoms with E-state index in [-0.39, 0.29) is 6.10 Å². The number of fused-ring (bicyclic) bond motifs is 1. The molecule has 2 unspecified atom stereocenters. The van der Waals surface area contributed by atoms with Crippen LogP contribution in [0.25, 0.3) is 0 Å². The molecule has 1 aliphatic heterocycles. The Balaban J connectivity index is 1.97. The van der Waals surface area contributed by atoms with E-state index in [0.717, 1.165) is 22.4 Å². The van der Waals surface area contributed by atoms with E-state index in [4.69, 9.17) is 16.3 Å². The van der Waals surface area contributed by atoms with Gasteiger partial charge in [-0.15, -0.1) is 0 Å². The standard InChI is InChI=1S/C16H15ClO2/c1-10-6-7-15-12(8-10)14(18)9-16(19-15)11-4-2-3-5-13(11)17/h2-8,14,16,18H,9H2,1H3. The predicted molar refractivity (Wildman–Crippen MR) is 75.6 cm³/mol. The van der Waals surface area contributed by atoms with Gasteiger partial charge in [-0.1, -0.05) is 41.4 Å². The van der Waals surface area contributed by atoms with Gasteiger partial charge in [-0.05, 0) is 25.1 Å². The van der Waals surface area contributed by atoms with Gasteiger partial charge in [0.1, 0.15) is 11.9 Å². The normalized spacial score (nSPS) is 21.6. The second-order valence-electron chi connectivity index (χ2n) is 4.92. The smallest absolute Gasteiger partial charge is 0.128 e. The molecule has 0 saturated carbocycles. The average molecular weight is 275 g/mol. The summed E-state index contributed by atoms with van der Waals surface area (Å²) >= 11 is 6.20. The van der Waals surface area contributed by atoms with Crippen LogP contribution in [0.2, 0.25) is 5.02 Å². The van der Waals surface area contributed by atoms with Gasteiger partial charge in [-0.25, -0.2) is 0 Å². The number of aliphatic hydroxyl groups excluding tert-OH is 1. The fourth-order valence-electron chi connectivity index (χ4n) is 2.49. The number of hydrogen-bond donors (Lipinski definition) is 1. The van der Waals surface area contributed by atoms with Crippen LogP contribution in [-0.4, -0.2) is 5.11 Å². The highest BCUT2D eigenvalue weighted by Crippen LogP contribution is 2.42. The highest BCUT2D eigenvalue weighted by molar-refractivity contribution is 6.31. The maximum atomic E-state index is 10.3. The molecular weight excluding hydrogens is 260 g/mol. The lowest BCUT2D eigenvalue weighted by molar-refractivity contribution is 0.0657. The van der Waals surface area contributed by atoms with Crippen molar-refractivity contribution in [2.45, 2.75) is 25.6 Å². The van der Waals surface area contributed by atoms with Crippen molar-refractivity contribution in [3.63, 3.8) is 0 Å². The molecule has 0 amide bonds. The van der Waals surface area contributed by atoms with Crippen LogP contribution in [0.4, 0.5) is 0 Å². The molecule has 2 aromatic carbocycles. The molecule has 3 heteroatoms. The fourth-order valence-corrected chi connectivity index (χ4v) is 2.75. The summed E-state index contributed by atoms with van der Waals surface area (Å²) in [5.41, 5.74) is 2.91. The van der Waals surface area contributed by atoms with Gasteiger partial charge >= 0.3 is 0 Å². The molecule has 0 fully saturated rings. The molecule has 0 radical (unpaired) electrons. The molecule has 19 heavy (non-hydrogen) atoms. The Hall–Kier alpha value is -1.51. The van der Waals surface area contributed by atoms with Crippen molar-refractivity contribution in [1.82, 2.24) is 0 Å². The van der Waals surface area contributed by atoms with Gasteiger partial charge in [0.15, 0.2) is 0 Å². The van der Waals surface area contributed by atoms with Crippen LogP contribution >= 0.6 is 11.6 Å². The Kier molecular flexibility index (Phi) is 3.21. The Bertz CT molecular complexity index is 609. The first-order chi connectivity index (χ1) is 9.15. The van der Waals surface area contributed by atoms with Crippen LogP contribution in [0.3, 0.4) is 0 Å². The molecule has 0 aromatic heterocycles. The second kappa shape index (κ2) is 4.87. The summed E-state index contributed by atoms with van der Waals surface area (Å²) in [6.07, 6.45) is -0.177. The molecule has 1 heterocycles. The van der Waals surface area contributed by atoms with Crippen LogP contribution in [0, 0.1) is 6.92 Å². The maximum absolute atomic E-state index is 10.3. The summed E-state index contributed by atoms with van der Waals surface area (Å²) < 4.78 is 5.98. The summed E-state index contributed by atoms with van der Waals surface area (Å²) in [7, 11) is 0. The molecule has 2 atom stereocenters. The predicted octanol–water partition coefficient (Wildman–Crippen LogP) is 4.21. The van der Waals surface area contributed by atoms with Crippen LogP contribution in [-0.2, 0) is 0 Å². The van der Waals surface area contributed by atoms with E-state index in [1.807, 2.05) is 49.4 Å². The van der Waals surface area contributed by atoms with Crippen LogP contribution in [0.15, 0.2) is 42.5 Å². The molecule has 0 aliphatic carbocycles. The molecule has 0 bridgehead atoms. The quantitative estimate of drug-likeness (QED) is 0.844. The number of ether oxygens (including phenoxy) is 1. The van der Waals surface area contributed by atoms with Gasteiger partial charge in [0.25, 0.3) is 0 Å². The summed E-state index contributed by atoms with van der Waals surface area (Å²) in [5.74, 6) is 0.745. The van der Waals surface area contributed by atoms with Crippen molar-refractivity contribution in [1.29, 1.82) is 0 Å². The fraction of sp³-hybridized carbons (Fsp3) is 0.250. The Morgan fingerprint density at radius 2 is 1.95 bits per heavy atom. The average Bonchev–Trinajstić information content (AvgIpc) is 2.40. The molecule has 98 valence electrons. The topological polar surface area (TPSA) is 29.5 Å². The van der Waals surface area contributed by atoms with Crippen molar-refractivity contribution in [3.8, 4) is 5.75 Å². The summed E-state index contributed by atoms with van der Waals surface area (Å²) in [4.78, 5) is 0. The highest BCUT2D eigenvalue weighted by Gasteiger charge is 2.29. The van der Waals surface area contributed by atoms with Gasteiger partial charge in [0.05, 0.1) is 6.10 Å². The minimum atomic E-state index is -0.509. The molecule has 1 aliphatic rings. The molecule has 2 aromatic rings. The first-order valence-electron chi connectivity index (χ1n) is 6.35. The third-order valence-electron chi connectivity index (χ3n) is 3.48. The Morgan fingerprint density at radius 3 is 2.74 bits per heavy atom. The third kappa shape index (κ3) is 2.34. The largest absolute Gasteiger partial charge is 0.485 e. The van der Waals surface area contributed by atoms with Crippen LogP contribution in [0.1, 0.15) is 35.3 Å². The van der Waals surface area contributed by atoms with Crippen molar-refractivity contribution < 1.29 is 9.84 Å². The second-order valence-corrected chi connectivity index (χ2v) is 5.33. The highest BCUT2D eigenvalue weighted by atomic mass is 35.5. The molecular formula is C16H15ClO2. The SMILES string of the molecule is Cc1ccc2c(c1)C(O)CC(c1ccccc1Cl)O2. The number of halogens is 1. The van der Waals surface area contributed by atoms with Gasteiger partial charge in [-0.3, -0.25) is 0 Å². The number of rotatable bonds is 1. The van der Waals surface area contributed by atoms with Gasteiger partial charge in [0.2, 0.25) is 0 Å². The minimum absolute atomic E-state index is 0.195. The van der Waals surface area contributed by atoms with Crippen molar-refractivity contribution in [2.24, 2.45) is 0 Å². The Labute approximate surface area is 117 Å². The summed E-state index contributed by atoms with van der Waals surface area (Å²) in [6, 6.07) is 13.5. The van der Waals surface area contributed by atoms with E-state index in [2.05, 4.69) is 0 Å².